The van der Waals surface area contributed by atoms with E-state index in [1.807, 2.05) is 24.3 Å². The SMILES string of the molecule is CNc1nccc(-c2ncc(C(=O)NC(CN)Cc3ccc(Cl)cc3)s2)n1. The van der Waals surface area contributed by atoms with Crippen LogP contribution >= 0.6 is 22.9 Å². The Morgan fingerprint density at radius 3 is 2.74 bits per heavy atom. The maximum atomic E-state index is 12.6. The third kappa shape index (κ3) is 5.00. The summed E-state index contributed by atoms with van der Waals surface area (Å²) in [6, 6.07) is 9.07. The zero-order chi connectivity index (χ0) is 19.2. The number of hydrogen-bond donors (Lipinski definition) is 3. The highest BCUT2D eigenvalue weighted by Crippen LogP contribution is 2.24. The second kappa shape index (κ2) is 8.90. The van der Waals surface area contributed by atoms with Crippen LogP contribution in [0.1, 0.15) is 15.2 Å². The predicted molar refractivity (Wildman–Crippen MR) is 108 cm³/mol. The van der Waals surface area contributed by atoms with Crippen LogP contribution < -0.4 is 16.4 Å². The first-order chi connectivity index (χ1) is 13.1. The van der Waals surface area contributed by atoms with Crippen LogP contribution in [0, 0.1) is 0 Å². The van der Waals surface area contributed by atoms with Gasteiger partial charge in [0.15, 0.2) is 0 Å². The van der Waals surface area contributed by atoms with Gasteiger partial charge in [-0.15, -0.1) is 11.3 Å². The van der Waals surface area contributed by atoms with Gasteiger partial charge < -0.3 is 16.4 Å². The lowest BCUT2D eigenvalue weighted by molar-refractivity contribution is 0.0942. The number of carbonyl (C=O) groups is 1. The Morgan fingerprint density at radius 2 is 2.04 bits per heavy atom. The van der Waals surface area contributed by atoms with Crippen LogP contribution in [0.3, 0.4) is 0 Å². The van der Waals surface area contributed by atoms with Gasteiger partial charge in [0.05, 0.1) is 6.20 Å². The standard InChI is InChI=1S/C18H19ClN6OS/c1-21-18-22-7-6-14(25-18)17-23-10-15(27-17)16(26)24-13(9-20)8-11-2-4-12(19)5-3-11/h2-7,10,13H,8-9,20H2,1H3,(H,24,26)(H,21,22,25). The molecule has 7 nitrogen and oxygen atoms in total. The Balaban J connectivity index is 1.68. The number of amides is 1. The van der Waals surface area contributed by atoms with E-state index in [2.05, 4.69) is 25.6 Å². The van der Waals surface area contributed by atoms with E-state index >= 15 is 0 Å². The van der Waals surface area contributed by atoms with Crippen LogP contribution in [0.25, 0.3) is 10.7 Å². The second-order valence-corrected chi connectivity index (χ2v) is 7.25. The number of hydrogen-bond acceptors (Lipinski definition) is 7. The Hall–Kier alpha value is -2.55. The van der Waals surface area contributed by atoms with Crippen molar-refractivity contribution in [3.8, 4) is 10.7 Å². The highest BCUT2D eigenvalue weighted by Gasteiger charge is 2.17. The van der Waals surface area contributed by atoms with Crippen molar-refractivity contribution in [3.05, 3.63) is 58.2 Å². The number of rotatable bonds is 7. The molecule has 3 rings (SSSR count). The smallest absolute Gasteiger partial charge is 0.263 e. The Morgan fingerprint density at radius 1 is 1.26 bits per heavy atom. The third-order valence-electron chi connectivity index (χ3n) is 3.84. The fourth-order valence-electron chi connectivity index (χ4n) is 2.45. The fourth-order valence-corrected chi connectivity index (χ4v) is 3.37. The van der Waals surface area contributed by atoms with Crippen molar-refractivity contribution >= 4 is 34.8 Å². The first-order valence-corrected chi connectivity index (χ1v) is 9.51. The molecule has 0 aliphatic rings. The number of anilines is 1. The lowest BCUT2D eigenvalue weighted by atomic mass is 10.1. The molecule has 2 aromatic heterocycles. The highest BCUT2D eigenvalue weighted by molar-refractivity contribution is 7.16. The average molecular weight is 403 g/mol. The van der Waals surface area contributed by atoms with Gasteiger partial charge in [0.1, 0.15) is 15.6 Å². The van der Waals surface area contributed by atoms with E-state index in [1.165, 1.54) is 11.3 Å². The van der Waals surface area contributed by atoms with E-state index < -0.39 is 0 Å². The van der Waals surface area contributed by atoms with E-state index in [1.54, 1.807) is 25.5 Å². The van der Waals surface area contributed by atoms with Crippen LogP contribution in [0.5, 0.6) is 0 Å². The Kier molecular flexibility index (Phi) is 6.33. The molecule has 0 spiro atoms. The zero-order valence-corrected chi connectivity index (χ0v) is 16.2. The number of nitrogens with zero attached hydrogens (tertiary/aromatic N) is 3. The molecule has 0 aliphatic carbocycles. The molecular weight excluding hydrogens is 384 g/mol. The largest absolute Gasteiger partial charge is 0.357 e. The van der Waals surface area contributed by atoms with Gasteiger partial charge in [-0.05, 0) is 30.2 Å². The number of aromatic nitrogens is 3. The van der Waals surface area contributed by atoms with Crippen LogP contribution in [-0.4, -0.2) is 40.5 Å². The molecule has 27 heavy (non-hydrogen) atoms. The van der Waals surface area contributed by atoms with Crippen molar-refractivity contribution < 1.29 is 4.79 Å². The molecule has 0 bridgehead atoms. The first-order valence-electron chi connectivity index (χ1n) is 8.31. The normalized spacial score (nSPS) is 11.8. The monoisotopic (exact) mass is 402 g/mol. The molecule has 0 saturated carbocycles. The fraction of sp³-hybridized carbons (Fsp3) is 0.222. The summed E-state index contributed by atoms with van der Waals surface area (Å²) in [5.41, 5.74) is 7.55. The van der Waals surface area contributed by atoms with Crippen molar-refractivity contribution in [1.82, 2.24) is 20.3 Å². The summed E-state index contributed by atoms with van der Waals surface area (Å²) < 4.78 is 0. The van der Waals surface area contributed by atoms with Gasteiger partial charge in [0, 0.05) is 30.9 Å². The molecule has 0 fully saturated rings. The van der Waals surface area contributed by atoms with Crippen LogP contribution in [-0.2, 0) is 6.42 Å². The molecule has 1 aromatic carbocycles. The van der Waals surface area contributed by atoms with Gasteiger partial charge in [-0.2, -0.15) is 0 Å². The van der Waals surface area contributed by atoms with E-state index in [0.717, 1.165) is 5.56 Å². The maximum absolute atomic E-state index is 12.6. The molecule has 1 amide bonds. The third-order valence-corrected chi connectivity index (χ3v) is 5.11. The minimum atomic E-state index is -0.203. The number of carbonyl (C=O) groups excluding carboxylic acids is 1. The topological polar surface area (TPSA) is 106 Å². The summed E-state index contributed by atoms with van der Waals surface area (Å²) in [5.74, 6) is 0.297. The van der Waals surface area contributed by atoms with Gasteiger partial charge in [0.25, 0.3) is 5.91 Å². The number of nitrogens with one attached hydrogen (secondary N) is 2. The molecule has 4 N–H and O–H groups in total. The summed E-state index contributed by atoms with van der Waals surface area (Å²) in [5, 5.41) is 7.17. The number of benzene rings is 1. The molecule has 0 radical (unpaired) electrons. The Bertz CT molecular complexity index is 914. The number of halogens is 1. The average Bonchev–Trinajstić information content (AvgIpc) is 3.19. The van der Waals surface area contributed by atoms with E-state index in [-0.39, 0.29) is 11.9 Å². The molecule has 0 aliphatic heterocycles. The van der Waals surface area contributed by atoms with E-state index in [0.29, 0.717) is 39.5 Å². The van der Waals surface area contributed by atoms with Crippen molar-refractivity contribution in [3.63, 3.8) is 0 Å². The maximum Gasteiger partial charge on any atom is 0.263 e. The first kappa shape index (κ1) is 19.2. The lowest BCUT2D eigenvalue weighted by Crippen LogP contribution is -2.41. The van der Waals surface area contributed by atoms with Crippen LogP contribution in [0.2, 0.25) is 5.02 Å². The minimum Gasteiger partial charge on any atom is -0.357 e. The second-order valence-electron chi connectivity index (χ2n) is 5.78. The van der Waals surface area contributed by atoms with Gasteiger partial charge in [-0.1, -0.05) is 23.7 Å². The Labute approximate surface area is 166 Å². The molecule has 9 heteroatoms. The zero-order valence-electron chi connectivity index (χ0n) is 14.6. The molecule has 140 valence electrons. The van der Waals surface area contributed by atoms with Crippen molar-refractivity contribution in [1.29, 1.82) is 0 Å². The highest BCUT2D eigenvalue weighted by atomic mass is 35.5. The van der Waals surface area contributed by atoms with Gasteiger partial charge in [-0.25, -0.2) is 15.0 Å². The molecule has 1 atom stereocenters. The number of thiazole rings is 1. The van der Waals surface area contributed by atoms with E-state index in [9.17, 15) is 4.79 Å². The summed E-state index contributed by atoms with van der Waals surface area (Å²) >= 11 is 7.18. The molecule has 0 saturated heterocycles. The predicted octanol–water partition coefficient (Wildman–Crippen LogP) is 2.60. The van der Waals surface area contributed by atoms with Gasteiger partial charge >= 0.3 is 0 Å². The van der Waals surface area contributed by atoms with Crippen molar-refractivity contribution in [2.45, 2.75) is 12.5 Å². The summed E-state index contributed by atoms with van der Waals surface area (Å²) in [6.45, 7) is 0.331. The quantitative estimate of drug-likeness (QED) is 0.561. The van der Waals surface area contributed by atoms with Crippen molar-refractivity contribution in [2.75, 3.05) is 18.9 Å². The van der Waals surface area contributed by atoms with Crippen LogP contribution in [0.15, 0.2) is 42.7 Å². The molecule has 3 aromatic rings. The van der Waals surface area contributed by atoms with Gasteiger partial charge in [-0.3, -0.25) is 4.79 Å². The molecule has 2 heterocycles. The summed E-state index contributed by atoms with van der Waals surface area (Å²) in [6.07, 6.45) is 3.82. The lowest BCUT2D eigenvalue weighted by Gasteiger charge is -2.16. The van der Waals surface area contributed by atoms with Crippen molar-refractivity contribution in [2.24, 2.45) is 5.73 Å². The van der Waals surface area contributed by atoms with Gasteiger partial charge in [0.2, 0.25) is 5.95 Å². The minimum absolute atomic E-state index is 0.181. The summed E-state index contributed by atoms with van der Waals surface area (Å²) in [4.78, 5) is 25.8. The molecular formula is C18H19ClN6OS. The number of nitrogens with two attached hydrogens (primary N) is 1. The van der Waals surface area contributed by atoms with E-state index in [4.69, 9.17) is 17.3 Å². The van der Waals surface area contributed by atoms with Crippen LogP contribution in [0.4, 0.5) is 5.95 Å². The summed E-state index contributed by atoms with van der Waals surface area (Å²) in [7, 11) is 1.74. The molecule has 1 unspecified atom stereocenters.